The van der Waals surface area contributed by atoms with E-state index in [4.69, 9.17) is 21.1 Å². The van der Waals surface area contributed by atoms with Crippen LogP contribution in [0.5, 0.6) is 0 Å². The monoisotopic (exact) mass is 341 g/mol. The lowest BCUT2D eigenvalue weighted by Crippen LogP contribution is -1.97. The summed E-state index contributed by atoms with van der Waals surface area (Å²) in [5.41, 5.74) is 2.63. The number of carbonyl (C=O) groups is 1. The van der Waals surface area contributed by atoms with Gasteiger partial charge in [0.1, 0.15) is 11.5 Å². The molecule has 0 fully saturated rings. The van der Waals surface area contributed by atoms with Crippen LogP contribution in [0.3, 0.4) is 0 Å². The Bertz CT molecular complexity index is 826. The fourth-order valence-corrected chi connectivity index (χ4v) is 2.60. The van der Waals surface area contributed by atoms with Gasteiger partial charge in [0.2, 0.25) is 0 Å². The molecule has 2 aromatic carbocycles. The minimum Gasteiger partial charge on any atom is -0.481 e. The molecule has 1 N–H and O–H groups in total. The Hall–Kier alpha value is -2.59. The van der Waals surface area contributed by atoms with Gasteiger partial charge in [0, 0.05) is 23.4 Å². The molecule has 5 heteroatoms. The fraction of sp³-hybridized carbons (Fsp3) is 0.158. The average molecular weight is 342 g/mol. The smallest absolute Gasteiger partial charge is 0.303 e. The molecule has 122 valence electrons. The van der Waals surface area contributed by atoms with Gasteiger partial charge in [-0.25, -0.2) is 4.98 Å². The molecule has 3 rings (SSSR count). The lowest BCUT2D eigenvalue weighted by molar-refractivity contribution is -0.137. The second-order valence-electron chi connectivity index (χ2n) is 5.44. The van der Waals surface area contributed by atoms with Gasteiger partial charge in [0.15, 0.2) is 5.89 Å². The van der Waals surface area contributed by atoms with Crippen LogP contribution < -0.4 is 0 Å². The van der Waals surface area contributed by atoms with E-state index in [-0.39, 0.29) is 6.42 Å². The van der Waals surface area contributed by atoms with Crippen molar-refractivity contribution in [3.05, 3.63) is 76.8 Å². The van der Waals surface area contributed by atoms with Crippen LogP contribution in [-0.2, 0) is 17.6 Å². The van der Waals surface area contributed by atoms with Crippen molar-refractivity contribution in [2.75, 3.05) is 0 Å². The van der Waals surface area contributed by atoms with Crippen LogP contribution in [0.2, 0.25) is 5.02 Å². The number of rotatable bonds is 6. The predicted molar refractivity (Wildman–Crippen MR) is 92.2 cm³/mol. The minimum atomic E-state index is -0.863. The highest BCUT2D eigenvalue weighted by molar-refractivity contribution is 6.30. The summed E-state index contributed by atoms with van der Waals surface area (Å²) in [5.74, 6) is 0.301. The molecule has 0 aliphatic rings. The molecule has 0 amide bonds. The number of oxazole rings is 1. The Morgan fingerprint density at radius 3 is 2.46 bits per heavy atom. The van der Waals surface area contributed by atoms with E-state index in [1.165, 1.54) is 0 Å². The molecule has 1 heterocycles. The first-order chi connectivity index (χ1) is 11.6. The summed E-state index contributed by atoms with van der Waals surface area (Å²) < 4.78 is 5.85. The third-order valence-electron chi connectivity index (χ3n) is 3.62. The highest BCUT2D eigenvalue weighted by Gasteiger charge is 2.16. The quantitative estimate of drug-likeness (QED) is 0.711. The molecule has 0 spiro atoms. The van der Waals surface area contributed by atoms with E-state index in [1.54, 1.807) is 12.1 Å². The minimum absolute atomic E-state index is 0.000556. The molecule has 0 unspecified atom stereocenters. The number of benzene rings is 2. The van der Waals surface area contributed by atoms with Gasteiger partial charge in [-0.1, -0.05) is 54.1 Å². The SMILES string of the molecule is O=C(O)CCc1oc(Cc2ccccc2)nc1-c1ccc(Cl)cc1. The van der Waals surface area contributed by atoms with E-state index < -0.39 is 5.97 Å². The Balaban J connectivity index is 1.92. The van der Waals surface area contributed by atoms with Crippen LogP contribution in [0.4, 0.5) is 0 Å². The third-order valence-corrected chi connectivity index (χ3v) is 3.88. The van der Waals surface area contributed by atoms with E-state index in [1.807, 2.05) is 42.5 Å². The summed E-state index contributed by atoms with van der Waals surface area (Å²) in [6, 6.07) is 17.2. The molecule has 24 heavy (non-hydrogen) atoms. The molecule has 3 aromatic rings. The summed E-state index contributed by atoms with van der Waals surface area (Å²) in [4.78, 5) is 15.5. The molecule has 1 aromatic heterocycles. The second-order valence-corrected chi connectivity index (χ2v) is 5.88. The summed E-state index contributed by atoms with van der Waals surface area (Å²) in [6.07, 6.45) is 0.865. The summed E-state index contributed by atoms with van der Waals surface area (Å²) >= 11 is 5.93. The van der Waals surface area contributed by atoms with Crippen molar-refractivity contribution in [1.82, 2.24) is 4.98 Å². The Kier molecular flexibility index (Phi) is 4.96. The first kappa shape index (κ1) is 16.3. The van der Waals surface area contributed by atoms with Crippen LogP contribution in [0.1, 0.15) is 23.6 Å². The van der Waals surface area contributed by atoms with Gasteiger partial charge in [-0.05, 0) is 17.7 Å². The number of halogens is 1. The number of nitrogens with zero attached hydrogens (tertiary/aromatic N) is 1. The van der Waals surface area contributed by atoms with E-state index in [2.05, 4.69) is 4.98 Å². The van der Waals surface area contributed by atoms with Gasteiger partial charge < -0.3 is 9.52 Å². The fourth-order valence-electron chi connectivity index (χ4n) is 2.47. The maximum absolute atomic E-state index is 10.9. The molecule has 4 nitrogen and oxygen atoms in total. The largest absolute Gasteiger partial charge is 0.481 e. The number of carboxylic acids is 1. The Labute approximate surface area is 144 Å². The molecular formula is C19H16ClNO3. The zero-order valence-electron chi connectivity index (χ0n) is 12.9. The third kappa shape index (κ3) is 4.03. The molecule has 0 aliphatic carbocycles. The van der Waals surface area contributed by atoms with Crippen molar-refractivity contribution in [2.24, 2.45) is 0 Å². The molecule has 0 saturated carbocycles. The summed E-state index contributed by atoms with van der Waals surface area (Å²) in [5, 5.41) is 9.57. The molecule has 0 saturated heterocycles. The highest BCUT2D eigenvalue weighted by Crippen LogP contribution is 2.27. The topological polar surface area (TPSA) is 63.3 Å². The second kappa shape index (κ2) is 7.32. The normalized spacial score (nSPS) is 10.7. The van der Waals surface area contributed by atoms with Crippen LogP contribution in [-0.4, -0.2) is 16.1 Å². The van der Waals surface area contributed by atoms with Crippen molar-refractivity contribution in [1.29, 1.82) is 0 Å². The average Bonchev–Trinajstić information content (AvgIpc) is 2.97. The molecule has 0 aliphatic heterocycles. The molecule has 0 bridgehead atoms. The van der Waals surface area contributed by atoms with Gasteiger partial charge in [0.25, 0.3) is 0 Å². The van der Waals surface area contributed by atoms with Crippen LogP contribution in [0.25, 0.3) is 11.3 Å². The van der Waals surface area contributed by atoms with Crippen LogP contribution in [0.15, 0.2) is 59.0 Å². The Morgan fingerprint density at radius 1 is 1.08 bits per heavy atom. The number of aryl methyl sites for hydroxylation is 1. The lowest BCUT2D eigenvalue weighted by Gasteiger charge is -2.00. The number of hydrogen-bond acceptors (Lipinski definition) is 3. The first-order valence-electron chi connectivity index (χ1n) is 7.62. The number of aliphatic carboxylic acids is 1. The van der Waals surface area contributed by atoms with Gasteiger partial charge in [-0.3, -0.25) is 4.79 Å². The van der Waals surface area contributed by atoms with E-state index in [0.717, 1.165) is 11.1 Å². The van der Waals surface area contributed by atoms with E-state index in [9.17, 15) is 4.79 Å². The molecular weight excluding hydrogens is 326 g/mol. The van der Waals surface area contributed by atoms with Gasteiger partial charge in [0.05, 0.1) is 6.42 Å². The lowest BCUT2D eigenvalue weighted by atomic mass is 10.1. The maximum Gasteiger partial charge on any atom is 0.303 e. The van der Waals surface area contributed by atoms with Gasteiger partial charge in [-0.15, -0.1) is 0 Å². The molecule has 0 atom stereocenters. The first-order valence-corrected chi connectivity index (χ1v) is 8.00. The van der Waals surface area contributed by atoms with Crippen molar-refractivity contribution >= 4 is 17.6 Å². The van der Waals surface area contributed by atoms with Crippen molar-refractivity contribution in [3.8, 4) is 11.3 Å². The van der Waals surface area contributed by atoms with E-state index in [0.29, 0.717) is 35.2 Å². The summed E-state index contributed by atoms with van der Waals surface area (Å²) in [7, 11) is 0. The number of aromatic nitrogens is 1. The number of hydrogen-bond donors (Lipinski definition) is 1. The maximum atomic E-state index is 10.9. The zero-order valence-corrected chi connectivity index (χ0v) is 13.7. The molecule has 0 radical (unpaired) electrons. The Morgan fingerprint density at radius 2 is 1.79 bits per heavy atom. The van der Waals surface area contributed by atoms with Crippen molar-refractivity contribution in [2.45, 2.75) is 19.3 Å². The number of carboxylic acid groups (broad SMARTS) is 1. The van der Waals surface area contributed by atoms with Crippen LogP contribution in [0, 0.1) is 0 Å². The predicted octanol–water partition coefficient (Wildman–Crippen LogP) is 4.60. The van der Waals surface area contributed by atoms with Crippen LogP contribution >= 0.6 is 11.6 Å². The summed E-state index contributed by atoms with van der Waals surface area (Å²) in [6.45, 7) is 0. The highest BCUT2D eigenvalue weighted by atomic mass is 35.5. The zero-order chi connectivity index (χ0) is 16.9. The van der Waals surface area contributed by atoms with Crippen molar-refractivity contribution < 1.29 is 14.3 Å². The standard InChI is InChI=1S/C19H16ClNO3/c20-15-8-6-14(7-9-15)19-16(10-11-18(22)23)24-17(21-19)12-13-4-2-1-3-5-13/h1-9H,10-12H2,(H,22,23). The van der Waals surface area contributed by atoms with Gasteiger partial charge in [-0.2, -0.15) is 0 Å². The van der Waals surface area contributed by atoms with Gasteiger partial charge >= 0.3 is 5.97 Å². The van der Waals surface area contributed by atoms with Crippen molar-refractivity contribution in [3.63, 3.8) is 0 Å². The van der Waals surface area contributed by atoms with E-state index >= 15 is 0 Å².